The summed E-state index contributed by atoms with van der Waals surface area (Å²) in [5.41, 5.74) is 0. The summed E-state index contributed by atoms with van der Waals surface area (Å²) in [7, 11) is 1.83. The van der Waals surface area contributed by atoms with Gasteiger partial charge in [0.25, 0.3) is 0 Å². The Hall–Kier alpha value is -0.0800. The van der Waals surface area contributed by atoms with E-state index in [1.807, 2.05) is 7.11 Å². The molecule has 4 atom stereocenters. The standard InChI is InChI=1S/C16H33NO/c1-5-11-17-16(12-13(3)18-4)15-10-8-7-9-14(15)6-2/h13-17H,5-12H2,1-4H3. The van der Waals surface area contributed by atoms with Gasteiger partial charge in [0.15, 0.2) is 0 Å². The summed E-state index contributed by atoms with van der Waals surface area (Å²) in [6.07, 6.45) is 9.82. The molecule has 1 rings (SSSR count). The minimum absolute atomic E-state index is 0.374. The van der Waals surface area contributed by atoms with Gasteiger partial charge in [0, 0.05) is 13.2 Å². The van der Waals surface area contributed by atoms with Gasteiger partial charge in [-0.05, 0) is 44.6 Å². The first-order chi connectivity index (χ1) is 8.72. The number of hydrogen-bond donors (Lipinski definition) is 1. The first-order valence-corrected chi connectivity index (χ1v) is 7.99. The van der Waals surface area contributed by atoms with Gasteiger partial charge in [-0.2, -0.15) is 0 Å². The first kappa shape index (κ1) is 16.0. The van der Waals surface area contributed by atoms with Gasteiger partial charge in [-0.1, -0.05) is 39.5 Å². The zero-order valence-corrected chi connectivity index (χ0v) is 12.9. The van der Waals surface area contributed by atoms with Gasteiger partial charge < -0.3 is 10.1 Å². The van der Waals surface area contributed by atoms with E-state index in [1.165, 1.54) is 38.5 Å². The molecule has 1 aliphatic rings. The minimum Gasteiger partial charge on any atom is -0.382 e. The quantitative estimate of drug-likeness (QED) is 0.708. The summed E-state index contributed by atoms with van der Waals surface area (Å²) in [6, 6.07) is 0.658. The van der Waals surface area contributed by atoms with Crippen molar-refractivity contribution in [3.05, 3.63) is 0 Å². The zero-order chi connectivity index (χ0) is 13.4. The predicted molar refractivity (Wildman–Crippen MR) is 78.9 cm³/mol. The second-order valence-corrected chi connectivity index (χ2v) is 5.96. The molecule has 0 saturated heterocycles. The fourth-order valence-electron chi connectivity index (χ4n) is 3.47. The lowest BCUT2D eigenvalue weighted by atomic mass is 9.73. The second kappa shape index (κ2) is 8.92. The van der Waals surface area contributed by atoms with Gasteiger partial charge in [0.05, 0.1) is 6.10 Å². The molecule has 108 valence electrons. The van der Waals surface area contributed by atoms with Crippen LogP contribution in [-0.2, 0) is 4.74 Å². The smallest absolute Gasteiger partial charge is 0.0558 e. The van der Waals surface area contributed by atoms with Crippen molar-refractivity contribution in [2.45, 2.75) is 77.9 Å². The van der Waals surface area contributed by atoms with Crippen molar-refractivity contribution in [1.29, 1.82) is 0 Å². The SMILES string of the molecule is CCCNC(CC(C)OC)C1CCCCC1CC. The highest BCUT2D eigenvalue weighted by molar-refractivity contribution is 4.85. The third-order valence-electron chi connectivity index (χ3n) is 4.65. The largest absolute Gasteiger partial charge is 0.382 e. The molecule has 0 aliphatic heterocycles. The molecule has 4 unspecified atom stereocenters. The molecule has 0 radical (unpaired) electrons. The van der Waals surface area contributed by atoms with Crippen molar-refractivity contribution in [3.8, 4) is 0 Å². The van der Waals surface area contributed by atoms with Gasteiger partial charge in [-0.15, -0.1) is 0 Å². The highest BCUT2D eigenvalue weighted by Crippen LogP contribution is 2.35. The van der Waals surface area contributed by atoms with Crippen LogP contribution in [0, 0.1) is 11.8 Å². The van der Waals surface area contributed by atoms with Crippen LogP contribution in [0.2, 0.25) is 0 Å². The highest BCUT2D eigenvalue weighted by Gasteiger charge is 2.31. The van der Waals surface area contributed by atoms with Crippen LogP contribution in [0.3, 0.4) is 0 Å². The molecule has 1 N–H and O–H groups in total. The Labute approximate surface area is 114 Å². The molecule has 18 heavy (non-hydrogen) atoms. The maximum absolute atomic E-state index is 5.48. The van der Waals surface area contributed by atoms with E-state index in [1.54, 1.807) is 0 Å². The van der Waals surface area contributed by atoms with E-state index in [-0.39, 0.29) is 0 Å². The molecular weight excluding hydrogens is 222 g/mol. The van der Waals surface area contributed by atoms with Crippen LogP contribution in [0.1, 0.15) is 65.7 Å². The van der Waals surface area contributed by atoms with E-state index in [0.29, 0.717) is 12.1 Å². The lowest BCUT2D eigenvalue weighted by Gasteiger charge is -2.38. The molecule has 2 heteroatoms. The summed E-state index contributed by atoms with van der Waals surface area (Å²) in [4.78, 5) is 0. The molecule has 2 nitrogen and oxygen atoms in total. The van der Waals surface area contributed by atoms with E-state index < -0.39 is 0 Å². The topological polar surface area (TPSA) is 21.3 Å². The summed E-state index contributed by atoms with van der Waals surface area (Å²) >= 11 is 0. The van der Waals surface area contributed by atoms with Crippen LogP contribution in [0.4, 0.5) is 0 Å². The molecule has 1 fully saturated rings. The second-order valence-electron chi connectivity index (χ2n) is 5.96. The van der Waals surface area contributed by atoms with Crippen molar-refractivity contribution in [1.82, 2.24) is 5.32 Å². The summed E-state index contributed by atoms with van der Waals surface area (Å²) in [5, 5.41) is 3.79. The fourth-order valence-corrected chi connectivity index (χ4v) is 3.47. The maximum atomic E-state index is 5.48. The molecule has 0 aromatic heterocycles. The Kier molecular flexibility index (Phi) is 7.92. The molecule has 0 spiro atoms. The van der Waals surface area contributed by atoms with Crippen LogP contribution in [0.25, 0.3) is 0 Å². The van der Waals surface area contributed by atoms with E-state index in [4.69, 9.17) is 4.74 Å². The Morgan fingerprint density at radius 2 is 1.94 bits per heavy atom. The lowest BCUT2D eigenvalue weighted by Crippen LogP contribution is -2.43. The van der Waals surface area contributed by atoms with Crippen LogP contribution < -0.4 is 5.32 Å². The maximum Gasteiger partial charge on any atom is 0.0558 e. The summed E-state index contributed by atoms with van der Waals surface area (Å²) < 4.78 is 5.48. The van der Waals surface area contributed by atoms with E-state index in [9.17, 15) is 0 Å². The zero-order valence-electron chi connectivity index (χ0n) is 12.9. The summed E-state index contributed by atoms with van der Waals surface area (Å²) in [5.74, 6) is 1.80. The fraction of sp³-hybridized carbons (Fsp3) is 1.00. The van der Waals surface area contributed by atoms with Gasteiger partial charge in [-0.3, -0.25) is 0 Å². The van der Waals surface area contributed by atoms with Gasteiger partial charge in [-0.25, -0.2) is 0 Å². The number of nitrogens with one attached hydrogen (secondary N) is 1. The third kappa shape index (κ3) is 4.89. The number of methoxy groups -OCH3 is 1. The number of rotatable bonds is 8. The summed E-state index contributed by atoms with van der Waals surface area (Å²) in [6.45, 7) is 7.96. The Morgan fingerprint density at radius 3 is 2.56 bits per heavy atom. The van der Waals surface area contributed by atoms with Crippen LogP contribution in [0.5, 0.6) is 0 Å². The Morgan fingerprint density at radius 1 is 1.22 bits per heavy atom. The molecule has 0 aromatic carbocycles. The highest BCUT2D eigenvalue weighted by atomic mass is 16.5. The first-order valence-electron chi connectivity index (χ1n) is 7.99. The molecule has 1 aliphatic carbocycles. The number of ether oxygens (including phenoxy) is 1. The van der Waals surface area contributed by atoms with Crippen molar-refractivity contribution in [2.24, 2.45) is 11.8 Å². The molecule has 0 heterocycles. The minimum atomic E-state index is 0.374. The van der Waals surface area contributed by atoms with E-state index >= 15 is 0 Å². The van der Waals surface area contributed by atoms with Crippen LogP contribution in [-0.4, -0.2) is 25.8 Å². The molecule has 0 aromatic rings. The van der Waals surface area contributed by atoms with Crippen LogP contribution >= 0.6 is 0 Å². The predicted octanol–water partition coefficient (Wildman–Crippen LogP) is 4.00. The van der Waals surface area contributed by atoms with Crippen molar-refractivity contribution in [2.75, 3.05) is 13.7 Å². The Balaban J connectivity index is 2.59. The van der Waals surface area contributed by atoms with Crippen molar-refractivity contribution >= 4 is 0 Å². The lowest BCUT2D eigenvalue weighted by molar-refractivity contribution is 0.0752. The van der Waals surface area contributed by atoms with Crippen LogP contribution in [0.15, 0.2) is 0 Å². The average molecular weight is 255 g/mol. The van der Waals surface area contributed by atoms with Gasteiger partial charge >= 0.3 is 0 Å². The van der Waals surface area contributed by atoms with Gasteiger partial charge in [0.2, 0.25) is 0 Å². The van der Waals surface area contributed by atoms with E-state index in [2.05, 4.69) is 26.1 Å². The molecular formula is C16H33NO. The number of hydrogen-bond acceptors (Lipinski definition) is 2. The average Bonchev–Trinajstić information content (AvgIpc) is 2.43. The van der Waals surface area contributed by atoms with Crippen molar-refractivity contribution < 1.29 is 4.74 Å². The molecule has 0 bridgehead atoms. The van der Waals surface area contributed by atoms with Gasteiger partial charge in [0.1, 0.15) is 0 Å². The molecule has 0 amide bonds. The van der Waals surface area contributed by atoms with E-state index in [0.717, 1.165) is 24.8 Å². The Bertz CT molecular complexity index is 207. The monoisotopic (exact) mass is 255 g/mol. The third-order valence-corrected chi connectivity index (χ3v) is 4.65. The van der Waals surface area contributed by atoms with Crippen molar-refractivity contribution in [3.63, 3.8) is 0 Å². The normalized spacial score (nSPS) is 28.0. The molecule has 1 saturated carbocycles.